The highest BCUT2D eigenvalue weighted by molar-refractivity contribution is 7.89. The molecule has 0 unspecified atom stereocenters. The van der Waals surface area contributed by atoms with E-state index in [1.54, 1.807) is 0 Å². The molecule has 1 saturated carbocycles. The topological polar surface area (TPSA) is 90.2 Å². The van der Waals surface area contributed by atoms with Gasteiger partial charge in [-0.05, 0) is 31.0 Å². The van der Waals surface area contributed by atoms with Gasteiger partial charge < -0.3 is 5.11 Å². The normalized spacial score (nSPS) is 17.0. The van der Waals surface area contributed by atoms with Crippen molar-refractivity contribution >= 4 is 10.0 Å². The largest absolute Gasteiger partial charge is 0.417 e. The summed E-state index contributed by atoms with van der Waals surface area (Å²) in [6, 6.07) is 3.61. The molecule has 5 nitrogen and oxygen atoms in total. The summed E-state index contributed by atoms with van der Waals surface area (Å²) in [7, 11) is -4.14. The van der Waals surface area contributed by atoms with E-state index in [9.17, 15) is 21.6 Å². The van der Waals surface area contributed by atoms with E-state index < -0.39 is 37.6 Å². The summed E-state index contributed by atoms with van der Waals surface area (Å²) in [4.78, 5) is -0.562. The number of hydrogen-bond acceptors (Lipinski definition) is 4. The lowest BCUT2D eigenvalue weighted by atomic mass is 10.1. The van der Waals surface area contributed by atoms with Crippen LogP contribution >= 0.6 is 0 Å². The molecule has 2 N–H and O–H groups in total. The third kappa shape index (κ3) is 3.40. The molecule has 0 heterocycles. The molecule has 0 amide bonds. The van der Waals surface area contributed by atoms with Crippen molar-refractivity contribution < 1.29 is 26.7 Å². The van der Waals surface area contributed by atoms with Crippen LogP contribution in [0.3, 0.4) is 0 Å². The maximum Gasteiger partial charge on any atom is 0.417 e. The van der Waals surface area contributed by atoms with Gasteiger partial charge in [0, 0.05) is 18.6 Å². The minimum atomic E-state index is -4.82. The number of nitrogens with one attached hydrogen (secondary N) is 1. The lowest BCUT2D eigenvalue weighted by Gasteiger charge is -2.15. The van der Waals surface area contributed by atoms with Gasteiger partial charge in [-0.3, -0.25) is 0 Å². The van der Waals surface area contributed by atoms with Gasteiger partial charge in [-0.1, -0.05) is 0 Å². The van der Waals surface area contributed by atoms with Gasteiger partial charge in [0.15, 0.2) is 0 Å². The first-order valence-corrected chi connectivity index (χ1v) is 7.84. The predicted molar refractivity (Wildman–Crippen MR) is 70.1 cm³/mol. The van der Waals surface area contributed by atoms with Crippen LogP contribution in [-0.4, -0.2) is 26.7 Å². The van der Waals surface area contributed by atoms with Gasteiger partial charge in [0.1, 0.15) is 0 Å². The number of alkyl halides is 3. The molecule has 0 atom stereocenters. The fraction of sp³-hybridized carbons (Fsp3) is 0.462. The maximum atomic E-state index is 12.8. The molecule has 22 heavy (non-hydrogen) atoms. The number of rotatable bonds is 5. The second kappa shape index (κ2) is 5.53. The molecule has 2 rings (SSSR count). The maximum absolute atomic E-state index is 12.8. The van der Waals surface area contributed by atoms with Gasteiger partial charge in [-0.15, -0.1) is 0 Å². The molecule has 1 fully saturated rings. The summed E-state index contributed by atoms with van der Waals surface area (Å²) in [5, 5.41) is 17.8. The van der Waals surface area contributed by atoms with E-state index in [0.717, 1.165) is 12.1 Å². The van der Waals surface area contributed by atoms with E-state index in [0.29, 0.717) is 18.9 Å². The molecule has 1 aromatic rings. The third-order valence-electron chi connectivity index (χ3n) is 3.66. The van der Waals surface area contributed by atoms with Crippen molar-refractivity contribution in [1.82, 2.24) is 4.72 Å². The van der Waals surface area contributed by atoms with Gasteiger partial charge in [0.05, 0.1) is 22.1 Å². The van der Waals surface area contributed by atoms with E-state index in [2.05, 4.69) is 4.72 Å². The molecule has 0 bridgehead atoms. The molecule has 0 saturated heterocycles. The first-order chi connectivity index (χ1) is 10.1. The molecule has 1 aromatic carbocycles. The SMILES string of the molecule is N#Cc1ccc(S(=O)(=O)NCC2(CO)CC2)cc1C(F)(F)F. The van der Waals surface area contributed by atoms with Crippen LogP contribution in [0.25, 0.3) is 0 Å². The zero-order valence-corrected chi connectivity index (χ0v) is 12.1. The predicted octanol–water partition coefficient (Wildman–Crippen LogP) is 1.63. The Labute approximate surface area is 125 Å². The van der Waals surface area contributed by atoms with E-state index in [1.165, 1.54) is 6.07 Å². The fourth-order valence-corrected chi connectivity index (χ4v) is 3.10. The highest BCUT2D eigenvalue weighted by Gasteiger charge is 2.43. The van der Waals surface area contributed by atoms with E-state index >= 15 is 0 Å². The molecule has 0 aromatic heterocycles. The molecule has 120 valence electrons. The van der Waals surface area contributed by atoms with Gasteiger partial charge in [-0.25, -0.2) is 13.1 Å². The Morgan fingerprint density at radius 1 is 1.36 bits per heavy atom. The Kier molecular flexibility index (Phi) is 4.21. The Hall–Kier alpha value is -1.63. The smallest absolute Gasteiger partial charge is 0.396 e. The van der Waals surface area contributed by atoms with Gasteiger partial charge >= 0.3 is 6.18 Å². The van der Waals surface area contributed by atoms with Crippen molar-refractivity contribution in [1.29, 1.82) is 5.26 Å². The number of benzene rings is 1. The van der Waals surface area contributed by atoms with Crippen LogP contribution in [-0.2, 0) is 16.2 Å². The fourth-order valence-electron chi connectivity index (χ4n) is 1.92. The second-order valence-electron chi connectivity index (χ2n) is 5.30. The molecular weight excluding hydrogens is 321 g/mol. The van der Waals surface area contributed by atoms with Crippen molar-refractivity contribution in [2.75, 3.05) is 13.2 Å². The third-order valence-corrected chi connectivity index (χ3v) is 5.06. The summed E-state index contributed by atoms with van der Waals surface area (Å²) in [5.41, 5.74) is -2.44. The number of nitrogens with zero attached hydrogens (tertiary/aromatic N) is 1. The molecule has 0 aliphatic heterocycles. The van der Waals surface area contributed by atoms with E-state index in [4.69, 9.17) is 10.4 Å². The Morgan fingerprint density at radius 2 is 2.00 bits per heavy atom. The minimum Gasteiger partial charge on any atom is -0.396 e. The van der Waals surface area contributed by atoms with Crippen molar-refractivity contribution in [2.45, 2.75) is 23.9 Å². The number of sulfonamides is 1. The average Bonchev–Trinajstić information content (AvgIpc) is 3.24. The summed E-state index contributed by atoms with van der Waals surface area (Å²) in [5.74, 6) is 0. The zero-order chi connectivity index (χ0) is 16.6. The van der Waals surface area contributed by atoms with Crippen LogP contribution in [0, 0.1) is 16.7 Å². The number of nitriles is 1. The standard InChI is InChI=1S/C13H13F3N2O3S/c14-13(15,16)11-5-10(2-1-9(11)6-17)22(20,21)18-7-12(8-19)3-4-12/h1-2,5,18-19H,3-4,7-8H2. The highest BCUT2D eigenvalue weighted by atomic mass is 32.2. The van der Waals surface area contributed by atoms with Crippen molar-refractivity contribution in [3.63, 3.8) is 0 Å². The van der Waals surface area contributed by atoms with E-state index in [1.807, 2.05) is 0 Å². The Balaban J connectivity index is 2.30. The van der Waals surface area contributed by atoms with Gasteiger partial charge in [0.25, 0.3) is 0 Å². The van der Waals surface area contributed by atoms with Crippen molar-refractivity contribution in [3.05, 3.63) is 29.3 Å². The van der Waals surface area contributed by atoms with Crippen LogP contribution < -0.4 is 4.72 Å². The van der Waals surface area contributed by atoms with E-state index in [-0.39, 0.29) is 13.2 Å². The molecule has 1 aliphatic rings. The first-order valence-electron chi connectivity index (χ1n) is 6.35. The Morgan fingerprint density at radius 3 is 2.45 bits per heavy atom. The first kappa shape index (κ1) is 16.7. The van der Waals surface area contributed by atoms with Crippen LogP contribution in [0.15, 0.2) is 23.1 Å². The molecule has 1 aliphatic carbocycles. The van der Waals surface area contributed by atoms with Crippen LogP contribution in [0.1, 0.15) is 24.0 Å². The van der Waals surface area contributed by atoms with Crippen LogP contribution in [0.5, 0.6) is 0 Å². The lowest BCUT2D eigenvalue weighted by molar-refractivity contribution is -0.137. The summed E-state index contributed by atoms with van der Waals surface area (Å²) in [6.07, 6.45) is -3.50. The molecule has 9 heteroatoms. The van der Waals surface area contributed by atoms with Crippen LogP contribution in [0.2, 0.25) is 0 Å². The number of aliphatic hydroxyl groups excluding tert-OH is 1. The second-order valence-corrected chi connectivity index (χ2v) is 7.07. The van der Waals surface area contributed by atoms with Crippen molar-refractivity contribution in [3.8, 4) is 6.07 Å². The monoisotopic (exact) mass is 334 g/mol. The zero-order valence-electron chi connectivity index (χ0n) is 11.3. The summed E-state index contributed by atoms with van der Waals surface area (Å²) in [6.45, 7) is -0.218. The molecule has 0 spiro atoms. The number of halogens is 3. The molecular formula is C13H13F3N2O3S. The quantitative estimate of drug-likeness (QED) is 0.856. The number of hydrogen-bond donors (Lipinski definition) is 2. The summed E-state index contributed by atoms with van der Waals surface area (Å²) >= 11 is 0. The average molecular weight is 334 g/mol. The van der Waals surface area contributed by atoms with Crippen molar-refractivity contribution in [2.24, 2.45) is 5.41 Å². The lowest BCUT2D eigenvalue weighted by Crippen LogP contribution is -2.32. The minimum absolute atomic E-state index is 0.0345. The molecule has 0 radical (unpaired) electrons. The Bertz CT molecular complexity index is 719. The highest BCUT2D eigenvalue weighted by Crippen LogP contribution is 2.44. The van der Waals surface area contributed by atoms with Gasteiger partial charge in [0.2, 0.25) is 10.0 Å². The summed E-state index contributed by atoms with van der Waals surface area (Å²) < 4.78 is 64.9. The van der Waals surface area contributed by atoms with Crippen LogP contribution in [0.4, 0.5) is 13.2 Å². The van der Waals surface area contributed by atoms with Gasteiger partial charge in [-0.2, -0.15) is 18.4 Å². The number of aliphatic hydroxyl groups is 1.